The van der Waals surface area contributed by atoms with Crippen LogP contribution in [0.1, 0.15) is 57.0 Å². The molecule has 0 bridgehead atoms. The number of nitriles is 1. The molecule has 1 aliphatic rings. The minimum atomic E-state index is -1.77. The molecule has 2 unspecified atom stereocenters. The molecule has 0 aliphatic carbocycles. The fourth-order valence-corrected chi connectivity index (χ4v) is 8.52. The Balaban J connectivity index is 1.64. The average Bonchev–Trinajstić information content (AvgIpc) is 3.51. The molecular formula is C40H49N4O9P. The number of hydrogen-bond donors (Lipinski definition) is 1. The van der Waals surface area contributed by atoms with Gasteiger partial charge in [-0.3, -0.25) is 14.3 Å². The van der Waals surface area contributed by atoms with Crippen molar-refractivity contribution in [2.24, 2.45) is 0 Å². The first-order valence-electron chi connectivity index (χ1n) is 17.8. The van der Waals surface area contributed by atoms with Crippen LogP contribution in [0.5, 0.6) is 11.5 Å². The van der Waals surface area contributed by atoms with Gasteiger partial charge in [-0.25, -0.2) is 9.46 Å². The highest BCUT2D eigenvalue weighted by Gasteiger charge is 2.51. The average molecular weight is 761 g/mol. The van der Waals surface area contributed by atoms with Gasteiger partial charge in [0.1, 0.15) is 35.4 Å². The van der Waals surface area contributed by atoms with Crippen LogP contribution in [0.2, 0.25) is 0 Å². The van der Waals surface area contributed by atoms with Crippen LogP contribution >= 0.6 is 8.53 Å². The van der Waals surface area contributed by atoms with Crippen molar-refractivity contribution in [2.75, 3.05) is 34.5 Å². The lowest BCUT2D eigenvalue weighted by atomic mass is 9.80. The van der Waals surface area contributed by atoms with Crippen LogP contribution in [0.15, 0.2) is 101 Å². The molecule has 1 N–H and O–H groups in total. The first-order valence-corrected chi connectivity index (χ1v) is 18.9. The molecular weight excluding hydrogens is 711 g/mol. The summed E-state index contributed by atoms with van der Waals surface area (Å²) in [5, 5.41) is 9.33. The molecule has 54 heavy (non-hydrogen) atoms. The molecule has 0 spiro atoms. The van der Waals surface area contributed by atoms with Crippen molar-refractivity contribution >= 4 is 8.53 Å². The zero-order valence-electron chi connectivity index (χ0n) is 31.7. The van der Waals surface area contributed by atoms with Gasteiger partial charge in [0.25, 0.3) is 14.1 Å². The minimum Gasteiger partial charge on any atom is -0.497 e. The van der Waals surface area contributed by atoms with Gasteiger partial charge in [0.2, 0.25) is 0 Å². The highest BCUT2D eigenvalue weighted by Crippen LogP contribution is 2.51. The Hall–Kier alpha value is -4.38. The first-order chi connectivity index (χ1) is 26.1. The van der Waals surface area contributed by atoms with Gasteiger partial charge in [-0.05, 0) is 68.7 Å². The maximum Gasteiger partial charge on any atom is 0.330 e. The predicted molar refractivity (Wildman–Crippen MR) is 204 cm³/mol. The first kappa shape index (κ1) is 40.8. The van der Waals surface area contributed by atoms with Crippen molar-refractivity contribution in [3.8, 4) is 17.6 Å². The van der Waals surface area contributed by atoms with Crippen LogP contribution in [-0.2, 0) is 28.9 Å². The van der Waals surface area contributed by atoms with Crippen LogP contribution in [0, 0.1) is 11.3 Å². The van der Waals surface area contributed by atoms with E-state index in [4.69, 9.17) is 32.7 Å². The Morgan fingerprint density at radius 2 is 1.43 bits per heavy atom. The number of H-pyrrole nitrogens is 1. The van der Waals surface area contributed by atoms with Crippen LogP contribution in [0.4, 0.5) is 0 Å². The van der Waals surface area contributed by atoms with Crippen molar-refractivity contribution in [2.45, 2.75) is 76.3 Å². The van der Waals surface area contributed by atoms with Crippen LogP contribution < -0.4 is 20.7 Å². The Labute approximate surface area is 317 Å². The van der Waals surface area contributed by atoms with Crippen LogP contribution in [0.3, 0.4) is 0 Å². The van der Waals surface area contributed by atoms with E-state index in [2.05, 4.69) is 15.7 Å². The third-order valence-electron chi connectivity index (χ3n) is 9.19. The zero-order chi connectivity index (χ0) is 38.8. The van der Waals surface area contributed by atoms with Gasteiger partial charge < -0.3 is 32.7 Å². The smallest absolute Gasteiger partial charge is 0.330 e. The van der Waals surface area contributed by atoms with Gasteiger partial charge in [0, 0.05) is 31.5 Å². The second kappa shape index (κ2) is 18.8. The molecule has 3 aromatic carbocycles. The maximum absolute atomic E-state index is 13.2. The van der Waals surface area contributed by atoms with Crippen LogP contribution in [-0.4, -0.2) is 79.2 Å². The highest BCUT2D eigenvalue weighted by molar-refractivity contribution is 7.44. The third-order valence-corrected chi connectivity index (χ3v) is 11.3. The Morgan fingerprint density at radius 1 is 0.852 bits per heavy atom. The molecule has 1 saturated heterocycles. The Morgan fingerprint density at radius 3 is 1.93 bits per heavy atom. The summed E-state index contributed by atoms with van der Waals surface area (Å²) < 4.78 is 47.6. The zero-order valence-corrected chi connectivity index (χ0v) is 32.6. The van der Waals surface area contributed by atoms with Gasteiger partial charge >= 0.3 is 5.69 Å². The summed E-state index contributed by atoms with van der Waals surface area (Å²) in [7, 11) is 2.98. The maximum atomic E-state index is 13.2. The summed E-state index contributed by atoms with van der Waals surface area (Å²) in [6.45, 7) is 8.30. The summed E-state index contributed by atoms with van der Waals surface area (Å²) >= 11 is 0. The number of aromatic amines is 1. The molecule has 1 aliphatic heterocycles. The minimum absolute atomic E-state index is 0.0182. The number of ether oxygens (including phenoxy) is 5. The fourth-order valence-electron chi connectivity index (χ4n) is 6.75. The molecule has 2 heterocycles. The van der Waals surface area contributed by atoms with E-state index < -0.39 is 49.9 Å². The molecule has 5 rings (SSSR count). The number of aromatic nitrogens is 2. The van der Waals surface area contributed by atoms with E-state index in [0.29, 0.717) is 11.5 Å². The number of rotatable bonds is 18. The normalized spacial score (nSPS) is 19.3. The quantitative estimate of drug-likeness (QED) is 0.0710. The lowest BCUT2D eigenvalue weighted by molar-refractivity contribution is -0.0957. The second-order valence-corrected chi connectivity index (χ2v) is 14.6. The Kier molecular flexibility index (Phi) is 14.2. The molecule has 1 fully saturated rings. The standard InChI is InChI=1S/C40H49N4O9P/c1-27(2)44(28(3)4)54(51-25-11-23-41)53-36-34(52-38(37(36)49-7)43-24-22-35(45)42-39(43)46)26-50-40(29-12-9-8-10-13-29,30-14-18-32(47-5)19-15-30)31-16-20-33(48-6)21-17-31/h8-10,12-22,24,27-28,34,36-38H,11,25-26H2,1-7H3,(H,42,45,46)/t34-,36?,37+,38-,54?/m1/s1. The number of benzene rings is 3. The molecule has 14 heteroatoms. The SMILES string of the molecule is COc1ccc(C(OC[C@H]2O[C@@H](n3ccc(=O)[nH]c3=O)[C@@H](OC)C2OP(OCCC#N)N(C(C)C)C(C)C)(c2ccccc2)c2ccc(OC)cc2)cc1. The fraction of sp³-hybridized carbons (Fsp3) is 0.425. The number of nitrogens with zero attached hydrogens (tertiary/aromatic N) is 3. The lowest BCUT2D eigenvalue weighted by Gasteiger charge is -2.39. The third kappa shape index (κ3) is 8.94. The largest absolute Gasteiger partial charge is 0.497 e. The highest BCUT2D eigenvalue weighted by atomic mass is 31.2. The topological polar surface area (TPSA) is 147 Å². The van der Waals surface area contributed by atoms with E-state index in [0.717, 1.165) is 16.7 Å². The summed E-state index contributed by atoms with van der Waals surface area (Å²) in [5.41, 5.74) is 0.101. The van der Waals surface area contributed by atoms with E-state index in [1.165, 1.54) is 23.9 Å². The van der Waals surface area contributed by atoms with E-state index in [-0.39, 0.29) is 31.7 Å². The molecule has 1 aromatic heterocycles. The number of hydrogen-bond acceptors (Lipinski definition) is 11. The molecule has 288 valence electrons. The van der Waals surface area contributed by atoms with Crippen LogP contribution in [0.25, 0.3) is 0 Å². The molecule has 0 amide bonds. The summed E-state index contributed by atoms with van der Waals surface area (Å²) in [6.07, 6.45) is -1.97. The predicted octanol–water partition coefficient (Wildman–Crippen LogP) is 6.14. The van der Waals surface area contributed by atoms with Gasteiger partial charge in [-0.1, -0.05) is 54.6 Å². The number of methoxy groups -OCH3 is 3. The van der Waals surface area contributed by atoms with Gasteiger partial charge in [0.05, 0.1) is 39.9 Å². The summed E-state index contributed by atoms with van der Waals surface area (Å²) in [6, 6.07) is 28.7. The second-order valence-electron chi connectivity index (χ2n) is 13.2. The van der Waals surface area contributed by atoms with Crippen molar-refractivity contribution in [1.29, 1.82) is 5.26 Å². The molecule has 0 radical (unpaired) electrons. The summed E-state index contributed by atoms with van der Waals surface area (Å²) in [5.74, 6) is 1.37. The van der Waals surface area contributed by atoms with Crippen molar-refractivity contribution < 1.29 is 32.7 Å². The monoisotopic (exact) mass is 760 g/mol. The van der Waals surface area contributed by atoms with Crippen molar-refractivity contribution in [3.05, 3.63) is 129 Å². The number of nitrogens with one attached hydrogen (secondary N) is 1. The van der Waals surface area contributed by atoms with E-state index >= 15 is 0 Å². The van der Waals surface area contributed by atoms with E-state index in [9.17, 15) is 14.9 Å². The van der Waals surface area contributed by atoms with Crippen molar-refractivity contribution in [3.63, 3.8) is 0 Å². The van der Waals surface area contributed by atoms with Gasteiger partial charge in [-0.15, -0.1) is 0 Å². The van der Waals surface area contributed by atoms with Gasteiger partial charge in [0.15, 0.2) is 6.23 Å². The lowest BCUT2D eigenvalue weighted by Crippen LogP contribution is -2.43. The molecule has 5 atom stereocenters. The van der Waals surface area contributed by atoms with E-state index in [1.54, 1.807) is 14.2 Å². The Bertz CT molecular complexity index is 1870. The molecule has 4 aromatic rings. The van der Waals surface area contributed by atoms with E-state index in [1.807, 2.05) is 107 Å². The van der Waals surface area contributed by atoms with Gasteiger partial charge in [-0.2, -0.15) is 5.26 Å². The molecule has 13 nitrogen and oxygen atoms in total. The van der Waals surface area contributed by atoms with Crippen molar-refractivity contribution in [1.82, 2.24) is 14.2 Å². The molecule has 0 saturated carbocycles. The summed E-state index contributed by atoms with van der Waals surface area (Å²) in [4.78, 5) is 27.6.